The summed E-state index contributed by atoms with van der Waals surface area (Å²) in [5.41, 5.74) is 2.80. The molecule has 0 radical (unpaired) electrons. The van der Waals surface area contributed by atoms with E-state index in [9.17, 15) is 4.79 Å². The maximum atomic E-state index is 11.9. The lowest BCUT2D eigenvalue weighted by atomic mass is 10.0. The zero-order chi connectivity index (χ0) is 12.3. The van der Waals surface area contributed by atoms with Gasteiger partial charge in [-0.25, -0.2) is 0 Å². The van der Waals surface area contributed by atoms with Crippen molar-refractivity contribution >= 4 is 22.9 Å². The van der Waals surface area contributed by atoms with Crippen molar-refractivity contribution in [2.24, 2.45) is 0 Å². The van der Waals surface area contributed by atoms with Crippen LogP contribution in [0.4, 0.5) is 5.69 Å². The Hall–Kier alpha value is -1.61. The minimum Gasteiger partial charge on any atom is -0.322 e. The first-order valence-corrected chi connectivity index (χ1v) is 6.54. The molecule has 0 saturated heterocycles. The van der Waals surface area contributed by atoms with E-state index in [-0.39, 0.29) is 5.91 Å². The average molecular weight is 245 g/mol. The van der Waals surface area contributed by atoms with Crippen LogP contribution in [0.3, 0.4) is 0 Å². The summed E-state index contributed by atoms with van der Waals surface area (Å²) in [7, 11) is 0. The molecular formula is C14H15NOS. The molecule has 0 aliphatic carbocycles. The van der Waals surface area contributed by atoms with Gasteiger partial charge in [0.15, 0.2) is 0 Å². The largest absolute Gasteiger partial charge is 0.322 e. The molecule has 0 bridgehead atoms. The first-order chi connectivity index (χ1) is 8.16. The van der Waals surface area contributed by atoms with E-state index < -0.39 is 0 Å². The molecule has 0 atom stereocenters. The fourth-order valence-corrected chi connectivity index (χ4v) is 2.21. The number of thiophene rings is 1. The molecule has 0 saturated carbocycles. The highest BCUT2D eigenvalue weighted by atomic mass is 32.1. The summed E-state index contributed by atoms with van der Waals surface area (Å²) in [6.07, 6.45) is 0. The molecule has 1 N–H and O–H groups in total. The minimum atomic E-state index is -0.0489. The topological polar surface area (TPSA) is 29.1 Å². The summed E-state index contributed by atoms with van der Waals surface area (Å²) < 4.78 is 0. The minimum absolute atomic E-state index is 0.0489. The molecule has 3 heteroatoms. The third-order valence-corrected chi connectivity index (χ3v) is 3.28. The van der Waals surface area contributed by atoms with Crippen molar-refractivity contribution in [2.45, 2.75) is 19.8 Å². The molecule has 0 aliphatic rings. The molecule has 2 rings (SSSR count). The van der Waals surface area contributed by atoms with E-state index in [1.807, 2.05) is 35.0 Å². The van der Waals surface area contributed by atoms with Gasteiger partial charge in [-0.05, 0) is 35.1 Å². The molecular weight excluding hydrogens is 230 g/mol. The van der Waals surface area contributed by atoms with Gasteiger partial charge in [0.25, 0.3) is 5.91 Å². The Morgan fingerprint density at radius 1 is 1.29 bits per heavy atom. The van der Waals surface area contributed by atoms with Crippen LogP contribution in [0.25, 0.3) is 0 Å². The Bertz CT molecular complexity index is 503. The molecule has 88 valence electrons. The van der Waals surface area contributed by atoms with E-state index in [1.54, 1.807) is 0 Å². The lowest BCUT2D eigenvalue weighted by Crippen LogP contribution is -2.10. The van der Waals surface area contributed by atoms with Crippen LogP contribution in [0.1, 0.15) is 35.7 Å². The Balaban J connectivity index is 2.14. The molecule has 0 unspecified atom stereocenters. The van der Waals surface area contributed by atoms with Gasteiger partial charge < -0.3 is 5.32 Å². The van der Waals surface area contributed by atoms with Gasteiger partial charge in [-0.2, -0.15) is 11.3 Å². The van der Waals surface area contributed by atoms with E-state index in [0.717, 1.165) is 5.69 Å². The van der Waals surface area contributed by atoms with Gasteiger partial charge in [0.05, 0.1) is 5.56 Å². The maximum Gasteiger partial charge on any atom is 0.256 e. The molecule has 0 spiro atoms. The van der Waals surface area contributed by atoms with Gasteiger partial charge in [0, 0.05) is 11.1 Å². The number of nitrogens with one attached hydrogen (secondary N) is 1. The van der Waals surface area contributed by atoms with Crippen molar-refractivity contribution in [2.75, 3.05) is 5.32 Å². The third kappa shape index (κ3) is 2.94. The molecule has 2 aromatic rings. The van der Waals surface area contributed by atoms with E-state index >= 15 is 0 Å². The van der Waals surface area contributed by atoms with Crippen LogP contribution in [0.15, 0.2) is 41.1 Å². The monoisotopic (exact) mass is 245 g/mol. The SMILES string of the molecule is CC(C)c1cccc(NC(=O)c2ccsc2)c1. The highest BCUT2D eigenvalue weighted by molar-refractivity contribution is 7.08. The summed E-state index contributed by atoms with van der Waals surface area (Å²) in [5, 5.41) is 6.66. The number of carbonyl (C=O) groups excluding carboxylic acids is 1. The fourth-order valence-electron chi connectivity index (χ4n) is 1.57. The molecule has 0 aliphatic heterocycles. The molecule has 1 heterocycles. The predicted octanol–water partition coefficient (Wildman–Crippen LogP) is 4.12. The van der Waals surface area contributed by atoms with Crippen molar-refractivity contribution in [1.82, 2.24) is 0 Å². The molecule has 1 aromatic carbocycles. The van der Waals surface area contributed by atoms with Crippen LogP contribution in [-0.2, 0) is 0 Å². The molecule has 2 nitrogen and oxygen atoms in total. The Labute approximate surface area is 105 Å². The van der Waals surface area contributed by atoms with Gasteiger partial charge in [0.1, 0.15) is 0 Å². The summed E-state index contributed by atoms with van der Waals surface area (Å²) in [4.78, 5) is 11.9. The molecule has 1 amide bonds. The second-order valence-electron chi connectivity index (χ2n) is 4.25. The smallest absolute Gasteiger partial charge is 0.256 e. The number of hydrogen-bond donors (Lipinski definition) is 1. The van der Waals surface area contributed by atoms with Gasteiger partial charge in [-0.3, -0.25) is 4.79 Å². The number of amides is 1. The summed E-state index contributed by atoms with van der Waals surface area (Å²) in [6.45, 7) is 4.28. The van der Waals surface area contributed by atoms with Crippen molar-refractivity contribution in [3.8, 4) is 0 Å². The molecule has 1 aromatic heterocycles. The van der Waals surface area contributed by atoms with E-state index in [1.165, 1.54) is 16.9 Å². The molecule has 0 fully saturated rings. The van der Waals surface area contributed by atoms with E-state index in [0.29, 0.717) is 11.5 Å². The van der Waals surface area contributed by atoms with Crippen molar-refractivity contribution < 1.29 is 4.79 Å². The summed E-state index contributed by atoms with van der Waals surface area (Å²) in [5.74, 6) is 0.417. The Morgan fingerprint density at radius 3 is 2.76 bits per heavy atom. The van der Waals surface area contributed by atoms with Gasteiger partial charge in [0.2, 0.25) is 0 Å². The highest BCUT2D eigenvalue weighted by Crippen LogP contribution is 2.19. The number of hydrogen-bond acceptors (Lipinski definition) is 2. The van der Waals surface area contributed by atoms with Crippen LogP contribution in [0, 0.1) is 0 Å². The van der Waals surface area contributed by atoms with Gasteiger partial charge in [-0.15, -0.1) is 0 Å². The summed E-state index contributed by atoms with van der Waals surface area (Å²) >= 11 is 1.53. The number of benzene rings is 1. The number of rotatable bonds is 3. The Kier molecular flexibility index (Phi) is 3.59. The average Bonchev–Trinajstić information content (AvgIpc) is 2.82. The second-order valence-corrected chi connectivity index (χ2v) is 5.03. The fraction of sp³-hybridized carbons (Fsp3) is 0.214. The second kappa shape index (κ2) is 5.15. The van der Waals surface area contributed by atoms with Crippen LogP contribution < -0.4 is 5.32 Å². The third-order valence-electron chi connectivity index (χ3n) is 2.59. The van der Waals surface area contributed by atoms with Crippen molar-refractivity contribution in [3.05, 3.63) is 52.2 Å². The first kappa shape index (κ1) is 11.9. The quantitative estimate of drug-likeness (QED) is 0.865. The maximum absolute atomic E-state index is 11.9. The van der Waals surface area contributed by atoms with Crippen molar-refractivity contribution in [1.29, 1.82) is 0 Å². The van der Waals surface area contributed by atoms with Crippen LogP contribution >= 0.6 is 11.3 Å². The Morgan fingerprint density at radius 2 is 2.12 bits per heavy atom. The zero-order valence-corrected chi connectivity index (χ0v) is 10.8. The van der Waals surface area contributed by atoms with Crippen LogP contribution in [-0.4, -0.2) is 5.91 Å². The normalized spacial score (nSPS) is 10.5. The lowest BCUT2D eigenvalue weighted by molar-refractivity contribution is 0.102. The predicted molar refractivity (Wildman–Crippen MR) is 72.8 cm³/mol. The van der Waals surface area contributed by atoms with Gasteiger partial charge >= 0.3 is 0 Å². The zero-order valence-electron chi connectivity index (χ0n) is 9.94. The lowest BCUT2D eigenvalue weighted by Gasteiger charge is -2.08. The molecule has 17 heavy (non-hydrogen) atoms. The standard InChI is InChI=1S/C14H15NOS/c1-10(2)11-4-3-5-13(8-11)15-14(16)12-6-7-17-9-12/h3-10H,1-2H3,(H,15,16). The van der Waals surface area contributed by atoms with Crippen LogP contribution in [0.2, 0.25) is 0 Å². The number of carbonyl (C=O) groups is 1. The van der Waals surface area contributed by atoms with E-state index in [2.05, 4.69) is 25.2 Å². The first-order valence-electron chi connectivity index (χ1n) is 5.60. The highest BCUT2D eigenvalue weighted by Gasteiger charge is 2.07. The van der Waals surface area contributed by atoms with Crippen molar-refractivity contribution in [3.63, 3.8) is 0 Å². The summed E-state index contributed by atoms with van der Waals surface area (Å²) in [6, 6.07) is 9.81. The number of anilines is 1. The van der Waals surface area contributed by atoms with Gasteiger partial charge in [-0.1, -0.05) is 26.0 Å². The van der Waals surface area contributed by atoms with E-state index in [4.69, 9.17) is 0 Å². The van der Waals surface area contributed by atoms with Crippen LogP contribution in [0.5, 0.6) is 0 Å².